The summed E-state index contributed by atoms with van der Waals surface area (Å²) in [5.41, 5.74) is 6.79. The third-order valence-corrected chi connectivity index (χ3v) is 3.17. The van der Waals surface area contributed by atoms with Gasteiger partial charge in [-0.15, -0.1) is 0 Å². The van der Waals surface area contributed by atoms with E-state index in [0.29, 0.717) is 18.5 Å². The van der Waals surface area contributed by atoms with Crippen LogP contribution in [-0.2, 0) is 17.7 Å². The predicted molar refractivity (Wildman–Crippen MR) is 65.6 cm³/mol. The van der Waals surface area contributed by atoms with Crippen molar-refractivity contribution in [3.63, 3.8) is 0 Å². The molecule has 0 bridgehead atoms. The lowest BCUT2D eigenvalue weighted by Gasteiger charge is -2.21. The molecule has 0 spiro atoms. The highest BCUT2D eigenvalue weighted by molar-refractivity contribution is 5.30. The summed E-state index contributed by atoms with van der Waals surface area (Å²) < 4.78 is 7.33. The minimum absolute atomic E-state index is 0.0665. The number of nitrogen functional groups attached to an aromatic ring is 1. The Kier molecular flexibility index (Phi) is 4.39. The number of aliphatic hydroxyl groups excluding tert-OH is 1. The molecule has 1 fully saturated rings. The molecule has 0 amide bonds. The molecule has 1 atom stereocenters. The second kappa shape index (κ2) is 6.02. The summed E-state index contributed by atoms with van der Waals surface area (Å²) in [4.78, 5) is 0. The minimum atomic E-state index is 0.0665. The van der Waals surface area contributed by atoms with Crippen LogP contribution in [0, 0.1) is 0 Å². The summed E-state index contributed by atoms with van der Waals surface area (Å²) in [6.07, 6.45) is 5.91. The number of anilines is 1. The summed E-state index contributed by atoms with van der Waals surface area (Å²) in [7, 11) is 0. The first kappa shape index (κ1) is 12.4. The molecule has 96 valence electrons. The van der Waals surface area contributed by atoms with Crippen molar-refractivity contribution in [2.24, 2.45) is 0 Å². The summed E-state index contributed by atoms with van der Waals surface area (Å²) in [5, 5.41) is 13.2. The van der Waals surface area contributed by atoms with Gasteiger partial charge in [-0.25, -0.2) is 4.68 Å². The van der Waals surface area contributed by atoms with Crippen molar-refractivity contribution in [3.8, 4) is 0 Å². The zero-order valence-electron chi connectivity index (χ0n) is 10.1. The van der Waals surface area contributed by atoms with Crippen molar-refractivity contribution in [1.29, 1.82) is 0 Å². The molecule has 1 unspecified atom stereocenters. The topological polar surface area (TPSA) is 73.3 Å². The molecule has 3 N–H and O–H groups in total. The quantitative estimate of drug-likeness (QED) is 0.802. The van der Waals surface area contributed by atoms with Crippen LogP contribution in [0.5, 0.6) is 0 Å². The fourth-order valence-corrected chi connectivity index (χ4v) is 2.23. The Morgan fingerprint density at radius 3 is 3.12 bits per heavy atom. The third kappa shape index (κ3) is 3.44. The first-order valence-corrected chi connectivity index (χ1v) is 6.34. The molecule has 1 aliphatic rings. The first-order valence-electron chi connectivity index (χ1n) is 6.34. The Labute approximate surface area is 102 Å². The average molecular weight is 239 g/mol. The Hall–Kier alpha value is -1.07. The molecule has 1 aliphatic heterocycles. The van der Waals surface area contributed by atoms with E-state index >= 15 is 0 Å². The SMILES string of the molecule is Nc1cc(CCC2CCCCO2)nn1CCO. The molecule has 5 heteroatoms. The van der Waals surface area contributed by atoms with Crippen molar-refractivity contribution in [3.05, 3.63) is 11.8 Å². The minimum Gasteiger partial charge on any atom is -0.394 e. The second-order valence-electron chi connectivity index (χ2n) is 4.53. The molecule has 0 aliphatic carbocycles. The van der Waals surface area contributed by atoms with E-state index in [1.165, 1.54) is 12.8 Å². The van der Waals surface area contributed by atoms with Crippen molar-refractivity contribution in [2.75, 3.05) is 18.9 Å². The summed E-state index contributed by atoms with van der Waals surface area (Å²) >= 11 is 0. The highest BCUT2D eigenvalue weighted by atomic mass is 16.5. The van der Waals surface area contributed by atoms with Gasteiger partial charge in [0, 0.05) is 12.7 Å². The van der Waals surface area contributed by atoms with Gasteiger partial charge in [0.05, 0.1) is 24.9 Å². The molecule has 0 aromatic carbocycles. The number of aromatic nitrogens is 2. The van der Waals surface area contributed by atoms with Crippen molar-refractivity contribution in [2.45, 2.75) is 44.8 Å². The van der Waals surface area contributed by atoms with Crippen LogP contribution in [-0.4, -0.2) is 34.2 Å². The summed E-state index contributed by atoms with van der Waals surface area (Å²) in [5.74, 6) is 0.624. The molecule has 17 heavy (non-hydrogen) atoms. The molecule has 1 saturated heterocycles. The third-order valence-electron chi connectivity index (χ3n) is 3.17. The van der Waals surface area contributed by atoms with Gasteiger partial charge in [0.15, 0.2) is 0 Å². The van der Waals surface area contributed by atoms with Crippen LogP contribution >= 0.6 is 0 Å². The van der Waals surface area contributed by atoms with E-state index < -0.39 is 0 Å². The number of aliphatic hydroxyl groups is 1. The summed E-state index contributed by atoms with van der Waals surface area (Å²) in [6.45, 7) is 1.43. The number of aryl methyl sites for hydroxylation is 1. The fraction of sp³-hybridized carbons (Fsp3) is 0.750. The molecule has 0 saturated carbocycles. The standard InChI is InChI=1S/C12H21N3O2/c13-12-9-10(14-15(12)6-7-16)4-5-11-3-1-2-8-17-11/h9,11,16H,1-8,13H2. The maximum Gasteiger partial charge on any atom is 0.122 e. The molecule has 2 heterocycles. The maximum absolute atomic E-state index is 8.85. The number of nitrogens with two attached hydrogens (primary N) is 1. The van der Waals surface area contributed by atoms with Gasteiger partial charge in [0.1, 0.15) is 5.82 Å². The van der Waals surface area contributed by atoms with Crippen LogP contribution in [0.15, 0.2) is 6.07 Å². The van der Waals surface area contributed by atoms with Crippen LogP contribution in [0.25, 0.3) is 0 Å². The van der Waals surface area contributed by atoms with Crippen LogP contribution in [0.1, 0.15) is 31.4 Å². The van der Waals surface area contributed by atoms with Gasteiger partial charge >= 0.3 is 0 Å². The normalized spacial score (nSPS) is 20.6. The number of nitrogens with zero attached hydrogens (tertiary/aromatic N) is 2. The molecule has 2 rings (SSSR count). The molecule has 1 aromatic heterocycles. The molecular weight excluding hydrogens is 218 g/mol. The monoisotopic (exact) mass is 239 g/mol. The lowest BCUT2D eigenvalue weighted by molar-refractivity contribution is 0.0113. The summed E-state index contributed by atoms with van der Waals surface area (Å²) in [6, 6.07) is 1.89. The highest BCUT2D eigenvalue weighted by Gasteiger charge is 2.14. The Morgan fingerprint density at radius 1 is 1.53 bits per heavy atom. The van der Waals surface area contributed by atoms with Gasteiger partial charge in [-0.1, -0.05) is 0 Å². The van der Waals surface area contributed by atoms with Gasteiger partial charge in [0.25, 0.3) is 0 Å². The smallest absolute Gasteiger partial charge is 0.122 e. The van der Waals surface area contributed by atoms with Crippen molar-refractivity contribution in [1.82, 2.24) is 9.78 Å². The lowest BCUT2D eigenvalue weighted by Crippen LogP contribution is -2.19. The Bertz CT molecular complexity index is 346. The first-order chi connectivity index (χ1) is 8.29. The lowest BCUT2D eigenvalue weighted by atomic mass is 10.0. The zero-order valence-corrected chi connectivity index (χ0v) is 10.1. The van der Waals surface area contributed by atoms with E-state index in [1.54, 1.807) is 4.68 Å². The second-order valence-corrected chi connectivity index (χ2v) is 4.53. The number of rotatable bonds is 5. The van der Waals surface area contributed by atoms with E-state index in [0.717, 1.165) is 31.6 Å². The number of ether oxygens (including phenoxy) is 1. The van der Waals surface area contributed by atoms with Gasteiger partial charge in [0.2, 0.25) is 0 Å². The highest BCUT2D eigenvalue weighted by Crippen LogP contribution is 2.18. The fourth-order valence-electron chi connectivity index (χ4n) is 2.23. The predicted octanol–water partition coefficient (Wildman–Crippen LogP) is 0.959. The van der Waals surface area contributed by atoms with E-state index in [2.05, 4.69) is 5.10 Å². The molecule has 0 radical (unpaired) electrons. The van der Waals surface area contributed by atoms with Gasteiger partial charge < -0.3 is 15.6 Å². The average Bonchev–Trinajstić information content (AvgIpc) is 2.70. The van der Waals surface area contributed by atoms with E-state index in [9.17, 15) is 0 Å². The maximum atomic E-state index is 8.85. The Balaban J connectivity index is 1.83. The molecular formula is C12H21N3O2. The van der Waals surface area contributed by atoms with E-state index in [1.807, 2.05) is 6.07 Å². The van der Waals surface area contributed by atoms with Crippen molar-refractivity contribution < 1.29 is 9.84 Å². The van der Waals surface area contributed by atoms with Crippen molar-refractivity contribution >= 4 is 5.82 Å². The van der Waals surface area contributed by atoms with Gasteiger partial charge in [-0.05, 0) is 32.1 Å². The largest absolute Gasteiger partial charge is 0.394 e. The van der Waals surface area contributed by atoms with Crippen LogP contribution in [0.2, 0.25) is 0 Å². The van der Waals surface area contributed by atoms with Gasteiger partial charge in [-0.3, -0.25) is 0 Å². The number of hydrogen-bond donors (Lipinski definition) is 2. The van der Waals surface area contributed by atoms with E-state index in [-0.39, 0.29) is 6.61 Å². The van der Waals surface area contributed by atoms with Crippen LogP contribution in [0.4, 0.5) is 5.82 Å². The number of hydrogen-bond acceptors (Lipinski definition) is 4. The van der Waals surface area contributed by atoms with Crippen LogP contribution < -0.4 is 5.73 Å². The molecule has 1 aromatic rings. The Morgan fingerprint density at radius 2 is 2.41 bits per heavy atom. The van der Waals surface area contributed by atoms with E-state index in [4.69, 9.17) is 15.6 Å². The molecule has 5 nitrogen and oxygen atoms in total. The van der Waals surface area contributed by atoms with Gasteiger partial charge in [-0.2, -0.15) is 5.10 Å². The van der Waals surface area contributed by atoms with Crippen LogP contribution in [0.3, 0.4) is 0 Å². The zero-order chi connectivity index (χ0) is 12.1.